The number of amides is 2. The number of aliphatic hydroxyl groups excluding tert-OH is 2. The van der Waals surface area contributed by atoms with Gasteiger partial charge in [0.25, 0.3) is 5.91 Å². The Morgan fingerprint density at radius 3 is 2.28 bits per heavy atom. The lowest BCUT2D eigenvalue weighted by molar-refractivity contribution is -0.263. The molecule has 0 spiro atoms. The third-order valence-corrected chi connectivity index (χ3v) is 6.98. The summed E-state index contributed by atoms with van der Waals surface area (Å²) in [6, 6.07) is 5.57. The van der Waals surface area contributed by atoms with E-state index in [1.165, 1.54) is 14.0 Å². The molecule has 0 aromatic heterocycles. The zero-order valence-electron chi connectivity index (χ0n) is 24.2. The van der Waals surface area contributed by atoms with Gasteiger partial charge in [-0.15, -0.1) is 0 Å². The van der Waals surface area contributed by atoms with Crippen molar-refractivity contribution < 1.29 is 38.8 Å². The van der Waals surface area contributed by atoms with Gasteiger partial charge in [-0.2, -0.15) is 0 Å². The number of hydrogen-bond acceptors (Lipinski definition) is 8. The lowest BCUT2D eigenvalue weighted by Crippen LogP contribution is -2.65. The number of ether oxygens (including phenoxy) is 3. The quantitative estimate of drug-likeness (QED) is 0.277. The summed E-state index contributed by atoms with van der Waals surface area (Å²) < 4.78 is 17.0. The van der Waals surface area contributed by atoms with Gasteiger partial charge in [0.1, 0.15) is 35.9 Å². The first kappa shape index (κ1) is 32.7. The molecular weight excluding hydrogens is 504 g/mol. The van der Waals surface area contributed by atoms with Crippen LogP contribution in [0.4, 0.5) is 0 Å². The SMILES string of the molecule is COc1ccc(C(=O)NCC2OC(OCCC(C)CC(C)(C)CC(=O)C(C)C)C(NC(C)=O)C(O)C2O)cc1. The zero-order chi connectivity index (χ0) is 29.3. The first-order chi connectivity index (χ1) is 18.2. The smallest absolute Gasteiger partial charge is 0.251 e. The molecule has 2 amide bonds. The largest absolute Gasteiger partial charge is 0.497 e. The van der Waals surface area contributed by atoms with Crippen molar-refractivity contribution >= 4 is 17.6 Å². The Balaban J connectivity index is 1.98. The first-order valence-corrected chi connectivity index (χ1v) is 13.6. The number of carbonyl (C=O) groups excluding carboxylic acids is 3. The van der Waals surface area contributed by atoms with Crippen LogP contribution in [0.5, 0.6) is 5.75 Å². The topological polar surface area (TPSA) is 143 Å². The van der Waals surface area contributed by atoms with Crippen molar-refractivity contribution in [1.82, 2.24) is 10.6 Å². The molecular formula is C29H46N2O8. The van der Waals surface area contributed by atoms with E-state index in [1.807, 2.05) is 13.8 Å². The predicted molar refractivity (Wildman–Crippen MR) is 146 cm³/mol. The molecule has 0 aliphatic carbocycles. The van der Waals surface area contributed by atoms with Crippen molar-refractivity contribution in [2.75, 3.05) is 20.3 Å². The van der Waals surface area contributed by atoms with Crippen molar-refractivity contribution in [2.45, 2.75) is 91.4 Å². The fourth-order valence-electron chi connectivity index (χ4n) is 4.85. The normalized spacial score (nSPS) is 24.2. The summed E-state index contributed by atoms with van der Waals surface area (Å²) in [6.45, 7) is 11.6. The van der Waals surface area contributed by atoms with Crippen LogP contribution >= 0.6 is 0 Å². The van der Waals surface area contributed by atoms with Gasteiger partial charge in [-0.25, -0.2) is 0 Å². The number of ketones is 1. The lowest BCUT2D eigenvalue weighted by Gasteiger charge is -2.42. The van der Waals surface area contributed by atoms with E-state index in [2.05, 4.69) is 31.4 Å². The Bertz CT molecular complexity index is 949. The van der Waals surface area contributed by atoms with Crippen LogP contribution in [0, 0.1) is 17.3 Å². The number of rotatable bonds is 14. The van der Waals surface area contributed by atoms with Crippen LogP contribution in [0.3, 0.4) is 0 Å². The Morgan fingerprint density at radius 1 is 1.08 bits per heavy atom. The van der Waals surface area contributed by atoms with Crippen LogP contribution in [0.1, 0.15) is 71.2 Å². The van der Waals surface area contributed by atoms with Crippen molar-refractivity contribution in [3.8, 4) is 5.75 Å². The van der Waals surface area contributed by atoms with E-state index in [-0.39, 0.29) is 42.1 Å². The molecule has 0 radical (unpaired) electrons. The first-order valence-electron chi connectivity index (χ1n) is 13.6. The second kappa shape index (κ2) is 14.7. The summed E-state index contributed by atoms with van der Waals surface area (Å²) in [5, 5.41) is 26.8. The fraction of sp³-hybridized carbons (Fsp3) is 0.690. The molecule has 6 unspecified atom stereocenters. The molecule has 1 fully saturated rings. The average Bonchev–Trinajstić information content (AvgIpc) is 2.86. The molecule has 1 heterocycles. The van der Waals surface area contributed by atoms with Gasteiger partial charge in [-0.3, -0.25) is 14.4 Å². The fourth-order valence-corrected chi connectivity index (χ4v) is 4.85. The van der Waals surface area contributed by atoms with Crippen molar-refractivity contribution in [3.05, 3.63) is 29.8 Å². The van der Waals surface area contributed by atoms with E-state index in [1.54, 1.807) is 24.3 Å². The maximum Gasteiger partial charge on any atom is 0.251 e. The van der Waals surface area contributed by atoms with Crippen molar-refractivity contribution in [1.29, 1.82) is 0 Å². The number of aliphatic hydroxyl groups is 2. The highest BCUT2D eigenvalue weighted by atomic mass is 16.7. The van der Waals surface area contributed by atoms with Gasteiger partial charge in [-0.05, 0) is 48.4 Å². The third kappa shape index (κ3) is 10.2. The molecule has 1 aromatic carbocycles. The van der Waals surface area contributed by atoms with Crippen LogP contribution in [0.25, 0.3) is 0 Å². The minimum absolute atomic E-state index is 0.00721. The molecule has 0 bridgehead atoms. The molecule has 10 heteroatoms. The molecule has 39 heavy (non-hydrogen) atoms. The second-order valence-electron chi connectivity index (χ2n) is 11.6. The van der Waals surface area contributed by atoms with E-state index in [4.69, 9.17) is 14.2 Å². The summed E-state index contributed by atoms with van der Waals surface area (Å²) in [5.41, 5.74) is 0.256. The van der Waals surface area contributed by atoms with E-state index >= 15 is 0 Å². The Kier molecular flexibility index (Phi) is 12.4. The number of methoxy groups -OCH3 is 1. The van der Waals surface area contributed by atoms with Gasteiger partial charge in [0.05, 0.1) is 13.7 Å². The highest BCUT2D eigenvalue weighted by molar-refractivity contribution is 5.94. The molecule has 220 valence electrons. The molecule has 1 aliphatic heterocycles. The molecule has 10 nitrogen and oxygen atoms in total. The van der Waals surface area contributed by atoms with Crippen LogP contribution in [0.2, 0.25) is 0 Å². The molecule has 1 saturated heterocycles. The van der Waals surface area contributed by atoms with Crippen molar-refractivity contribution in [3.63, 3.8) is 0 Å². The Labute approximate surface area is 231 Å². The van der Waals surface area contributed by atoms with Crippen molar-refractivity contribution in [2.24, 2.45) is 17.3 Å². The Hall–Kier alpha value is -2.53. The number of benzene rings is 1. The van der Waals surface area contributed by atoms with E-state index in [0.29, 0.717) is 24.2 Å². The van der Waals surface area contributed by atoms with Crippen LogP contribution < -0.4 is 15.4 Å². The van der Waals surface area contributed by atoms with Gasteiger partial charge < -0.3 is 35.1 Å². The van der Waals surface area contributed by atoms with E-state index in [9.17, 15) is 24.6 Å². The number of Topliss-reactive ketones (excluding diaryl/α,β-unsaturated/α-hetero) is 1. The van der Waals surface area contributed by atoms with Crippen LogP contribution in [0.15, 0.2) is 24.3 Å². The molecule has 1 aromatic rings. The monoisotopic (exact) mass is 550 g/mol. The van der Waals surface area contributed by atoms with E-state index < -0.39 is 36.6 Å². The predicted octanol–water partition coefficient (Wildman–Crippen LogP) is 2.45. The number of carbonyl (C=O) groups is 3. The minimum atomic E-state index is -1.37. The summed E-state index contributed by atoms with van der Waals surface area (Å²) in [6.07, 6.45) is -2.71. The third-order valence-electron chi connectivity index (χ3n) is 6.98. The molecule has 6 atom stereocenters. The van der Waals surface area contributed by atoms with Gasteiger partial charge >= 0.3 is 0 Å². The summed E-state index contributed by atoms with van der Waals surface area (Å²) in [4.78, 5) is 36.6. The maximum absolute atomic E-state index is 12.6. The summed E-state index contributed by atoms with van der Waals surface area (Å²) in [5.74, 6) is 0.337. The van der Waals surface area contributed by atoms with Gasteiger partial charge in [0.15, 0.2) is 6.29 Å². The van der Waals surface area contributed by atoms with Gasteiger partial charge in [0.2, 0.25) is 5.91 Å². The number of hydrogen-bond donors (Lipinski definition) is 4. The molecule has 2 rings (SSSR count). The standard InChI is InChI=1S/C29H46N2O8/c1-17(2)22(33)15-29(5,6)14-18(3)12-13-38-28-24(31-19(4)32)26(35)25(34)23(39-28)16-30-27(36)20-8-10-21(37-7)11-9-20/h8-11,17-18,23-26,28,34-35H,12-16H2,1-7H3,(H,30,36)(H,31,32). The molecule has 0 saturated carbocycles. The molecule has 1 aliphatic rings. The van der Waals surface area contributed by atoms with Gasteiger partial charge in [-0.1, -0.05) is 34.6 Å². The summed E-state index contributed by atoms with van der Waals surface area (Å²) in [7, 11) is 1.53. The summed E-state index contributed by atoms with van der Waals surface area (Å²) >= 11 is 0. The Morgan fingerprint density at radius 2 is 1.72 bits per heavy atom. The molecule has 4 N–H and O–H groups in total. The van der Waals surface area contributed by atoms with Crippen LogP contribution in [-0.2, 0) is 19.1 Å². The van der Waals surface area contributed by atoms with Crippen LogP contribution in [-0.4, -0.2) is 78.7 Å². The van der Waals surface area contributed by atoms with Gasteiger partial charge in [0, 0.05) is 31.4 Å². The zero-order valence-corrected chi connectivity index (χ0v) is 24.2. The minimum Gasteiger partial charge on any atom is -0.497 e. The maximum atomic E-state index is 12.6. The van der Waals surface area contributed by atoms with E-state index in [0.717, 1.165) is 6.42 Å². The lowest BCUT2D eigenvalue weighted by atomic mass is 9.77. The highest BCUT2D eigenvalue weighted by Gasteiger charge is 2.45. The second-order valence-corrected chi connectivity index (χ2v) is 11.6. The number of nitrogens with one attached hydrogen (secondary N) is 2. The average molecular weight is 551 g/mol. The highest BCUT2D eigenvalue weighted by Crippen LogP contribution is 2.32.